The highest BCUT2D eigenvalue weighted by molar-refractivity contribution is 5.94. The van der Waals surface area contributed by atoms with Crippen molar-refractivity contribution in [1.29, 1.82) is 0 Å². The normalized spacial score (nSPS) is 14.2. The Bertz CT molecular complexity index is 620. The molecule has 1 aromatic carbocycles. The number of rotatable bonds is 3. The molecule has 2 N–H and O–H groups in total. The number of hydrogen-bond acceptors (Lipinski definition) is 3. The minimum absolute atomic E-state index is 0.0677. The maximum atomic E-state index is 12.5. The highest BCUT2D eigenvalue weighted by Crippen LogP contribution is 2.15. The van der Waals surface area contributed by atoms with Gasteiger partial charge in [-0.2, -0.15) is 0 Å². The number of amides is 1. The number of fused-ring (bicyclic) bond motifs is 1. The molecule has 1 amide bonds. The zero-order chi connectivity index (χ0) is 13.9. The molecule has 0 saturated carbocycles. The summed E-state index contributed by atoms with van der Waals surface area (Å²) in [6, 6.07) is 7.73. The van der Waals surface area contributed by atoms with Crippen LogP contribution in [-0.4, -0.2) is 33.4 Å². The van der Waals surface area contributed by atoms with Gasteiger partial charge in [-0.05, 0) is 30.7 Å². The van der Waals surface area contributed by atoms with Crippen LogP contribution in [0.2, 0.25) is 0 Å². The second kappa shape index (κ2) is 5.46. The van der Waals surface area contributed by atoms with Crippen LogP contribution in [0.1, 0.15) is 21.7 Å². The molecule has 0 aliphatic carbocycles. The van der Waals surface area contributed by atoms with Gasteiger partial charge in [0, 0.05) is 31.0 Å². The molecule has 5 nitrogen and oxygen atoms in total. The fourth-order valence-corrected chi connectivity index (χ4v) is 2.56. The SMILES string of the molecule is NCCc1cccc(C(=O)N2CCn3ccnc3C2)c1. The molecular formula is C15H18N4O. The minimum atomic E-state index is 0.0677. The van der Waals surface area contributed by atoms with Crippen LogP contribution in [0.3, 0.4) is 0 Å². The third-order valence-corrected chi connectivity index (χ3v) is 3.64. The summed E-state index contributed by atoms with van der Waals surface area (Å²) in [6.07, 6.45) is 4.54. The number of imidazole rings is 1. The number of carbonyl (C=O) groups excluding carboxylic acids is 1. The molecule has 0 spiro atoms. The van der Waals surface area contributed by atoms with E-state index in [1.165, 1.54) is 0 Å². The largest absolute Gasteiger partial charge is 0.332 e. The van der Waals surface area contributed by atoms with E-state index in [0.717, 1.165) is 36.5 Å². The van der Waals surface area contributed by atoms with Crippen LogP contribution in [0, 0.1) is 0 Å². The van der Waals surface area contributed by atoms with Crippen LogP contribution < -0.4 is 5.73 Å². The van der Waals surface area contributed by atoms with Gasteiger partial charge in [-0.25, -0.2) is 4.98 Å². The summed E-state index contributed by atoms with van der Waals surface area (Å²) in [6.45, 7) is 2.71. The monoisotopic (exact) mass is 270 g/mol. The van der Waals surface area contributed by atoms with Crippen molar-refractivity contribution in [2.75, 3.05) is 13.1 Å². The molecule has 0 saturated heterocycles. The Morgan fingerprint density at radius 3 is 3.10 bits per heavy atom. The van der Waals surface area contributed by atoms with Crippen molar-refractivity contribution in [3.63, 3.8) is 0 Å². The average Bonchev–Trinajstić information content (AvgIpc) is 2.94. The number of nitrogens with zero attached hydrogens (tertiary/aromatic N) is 3. The lowest BCUT2D eigenvalue weighted by Crippen LogP contribution is -2.38. The summed E-state index contributed by atoms with van der Waals surface area (Å²) >= 11 is 0. The molecule has 1 aliphatic rings. The quantitative estimate of drug-likeness (QED) is 0.906. The molecule has 0 bridgehead atoms. The van der Waals surface area contributed by atoms with Gasteiger partial charge >= 0.3 is 0 Å². The third kappa shape index (κ3) is 2.44. The standard InChI is InChI=1S/C15H18N4O/c16-5-4-12-2-1-3-13(10-12)15(20)19-9-8-18-7-6-17-14(18)11-19/h1-3,6-7,10H,4-5,8-9,11,16H2. The van der Waals surface area contributed by atoms with E-state index >= 15 is 0 Å². The lowest BCUT2D eigenvalue weighted by molar-refractivity contribution is 0.0707. The lowest BCUT2D eigenvalue weighted by Gasteiger charge is -2.27. The van der Waals surface area contributed by atoms with Gasteiger partial charge in [0.05, 0.1) is 6.54 Å². The molecule has 0 unspecified atom stereocenters. The van der Waals surface area contributed by atoms with Crippen LogP contribution in [0.25, 0.3) is 0 Å². The zero-order valence-corrected chi connectivity index (χ0v) is 11.3. The predicted octanol–water partition coefficient (Wildman–Crippen LogP) is 1.04. The van der Waals surface area contributed by atoms with Gasteiger partial charge < -0.3 is 15.2 Å². The van der Waals surface area contributed by atoms with E-state index in [4.69, 9.17) is 5.73 Å². The molecule has 0 radical (unpaired) electrons. The summed E-state index contributed by atoms with van der Waals surface area (Å²) < 4.78 is 2.09. The van der Waals surface area contributed by atoms with Crippen molar-refractivity contribution in [3.8, 4) is 0 Å². The van der Waals surface area contributed by atoms with Crippen molar-refractivity contribution in [1.82, 2.24) is 14.5 Å². The predicted molar refractivity (Wildman–Crippen MR) is 76.2 cm³/mol. The Balaban J connectivity index is 1.78. The van der Waals surface area contributed by atoms with Gasteiger partial charge in [0.15, 0.2) is 0 Å². The molecule has 2 heterocycles. The van der Waals surface area contributed by atoms with Crippen molar-refractivity contribution in [2.45, 2.75) is 19.5 Å². The van der Waals surface area contributed by atoms with Crippen LogP contribution in [0.4, 0.5) is 0 Å². The summed E-state index contributed by atoms with van der Waals surface area (Å²) in [4.78, 5) is 18.7. The summed E-state index contributed by atoms with van der Waals surface area (Å²) in [5.41, 5.74) is 7.40. The molecule has 3 rings (SSSR count). The summed E-state index contributed by atoms with van der Waals surface area (Å²) in [5, 5.41) is 0. The van der Waals surface area contributed by atoms with E-state index in [-0.39, 0.29) is 5.91 Å². The number of nitrogens with two attached hydrogens (primary N) is 1. The van der Waals surface area contributed by atoms with Crippen molar-refractivity contribution in [3.05, 3.63) is 53.6 Å². The highest BCUT2D eigenvalue weighted by Gasteiger charge is 2.22. The second-order valence-electron chi connectivity index (χ2n) is 5.00. The lowest BCUT2D eigenvalue weighted by atomic mass is 10.1. The number of carbonyl (C=O) groups is 1. The smallest absolute Gasteiger partial charge is 0.254 e. The molecule has 2 aromatic rings. The van der Waals surface area contributed by atoms with Crippen molar-refractivity contribution < 1.29 is 4.79 Å². The van der Waals surface area contributed by atoms with Gasteiger partial charge in [0.2, 0.25) is 0 Å². The van der Waals surface area contributed by atoms with E-state index in [0.29, 0.717) is 13.1 Å². The first kappa shape index (κ1) is 12.9. The van der Waals surface area contributed by atoms with Gasteiger partial charge in [-0.15, -0.1) is 0 Å². The molecule has 1 aromatic heterocycles. The van der Waals surface area contributed by atoms with Crippen LogP contribution in [-0.2, 0) is 19.5 Å². The van der Waals surface area contributed by atoms with Crippen molar-refractivity contribution in [2.24, 2.45) is 5.73 Å². The summed E-state index contributed by atoms with van der Waals surface area (Å²) in [7, 11) is 0. The van der Waals surface area contributed by atoms with E-state index in [1.54, 1.807) is 6.20 Å². The fourth-order valence-electron chi connectivity index (χ4n) is 2.56. The van der Waals surface area contributed by atoms with E-state index in [1.807, 2.05) is 35.4 Å². The number of hydrogen-bond donors (Lipinski definition) is 1. The Labute approximate surface area is 118 Å². The molecule has 5 heteroatoms. The van der Waals surface area contributed by atoms with Gasteiger partial charge in [0.25, 0.3) is 5.91 Å². The Morgan fingerprint density at radius 2 is 2.25 bits per heavy atom. The van der Waals surface area contributed by atoms with Crippen LogP contribution >= 0.6 is 0 Å². The maximum absolute atomic E-state index is 12.5. The fraction of sp³-hybridized carbons (Fsp3) is 0.333. The van der Waals surface area contributed by atoms with Gasteiger partial charge in [-0.3, -0.25) is 4.79 Å². The topological polar surface area (TPSA) is 64.2 Å². The van der Waals surface area contributed by atoms with E-state index in [2.05, 4.69) is 9.55 Å². The Morgan fingerprint density at radius 1 is 1.35 bits per heavy atom. The Kier molecular flexibility index (Phi) is 3.52. The average molecular weight is 270 g/mol. The van der Waals surface area contributed by atoms with E-state index < -0.39 is 0 Å². The molecule has 20 heavy (non-hydrogen) atoms. The van der Waals surface area contributed by atoms with Gasteiger partial charge in [-0.1, -0.05) is 12.1 Å². The van der Waals surface area contributed by atoms with Gasteiger partial charge in [0.1, 0.15) is 5.82 Å². The molecule has 0 atom stereocenters. The third-order valence-electron chi connectivity index (χ3n) is 3.64. The van der Waals surface area contributed by atoms with Crippen LogP contribution in [0.5, 0.6) is 0 Å². The second-order valence-corrected chi connectivity index (χ2v) is 5.00. The van der Waals surface area contributed by atoms with E-state index in [9.17, 15) is 4.79 Å². The maximum Gasteiger partial charge on any atom is 0.254 e. The molecule has 1 aliphatic heterocycles. The first-order valence-electron chi connectivity index (χ1n) is 6.86. The minimum Gasteiger partial charge on any atom is -0.332 e. The van der Waals surface area contributed by atoms with Crippen molar-refractivity contribution >= 4 is 5.91 Å². The molecular weight excluding hydrogens is 252 g/mol. The first-order chi connectivity index (χ1) is 9.78. The summed E-state index contributed by atoms with van der Waals surface area (Å²) in [5.74, 6) is 1.01. The molecule has 0 fully saturated rings. The molecule has 104 valence electrons. The number of aromatic nitrogens is 2. The first-order valence-corrected chi connectivity index (χ1v) is 6.86. The number of benzene rings is 1. The highest BCUT2D eigenvalue weighted by atomic mass is 16.2. The zero-order valence-electron chi connectivity index (χ0n) is 11.3. The Hall–Kier alpha value is -2.14. The van der Waals surface area contributed by atoms with Crippen LogP contribution in [0.15, 0.2) is 36.7 Å².